The number of hydrogen-bond donors (Lipinski definition) is 0. The molecule has 0 saturated carbocycles. The van der Waals surface area contributed by atoms with Crippen molar-refractivity contribution in [2.24, 2.45) is 11.8 Å². The van der Waals surface area contributed by atoms with E-state index in [1.165, 1.54) is 0 Å². The molecule has 1 fully saturated rings. The number of ether oxygens (including phenoxy) is 5. The predicted molar refractivity (Wildman–Crippen MR) is 101 cm³/mol. The van der Waals surface area contributed by atoms with E-state index in [1.54, 1.807) is 28.4 Å². The van der Waals surface area contributed by atoms with Gasteiger partial charge < -0.3 is 23.7 Å². The van der Waals surface area contributed by atoms with Crippen molar-refractivity contribution in [1.29, 1.82) is 0 Å². The molecule has 3 aliphatic carbocycles. The minimum Gasteiger partial charge on any atom is -0.496 e. The molecule has 1 saturated heterocycles. The number of carbonyl (C=O) groups excluding carboxylic acids is 2. The van der Waals surface area contributed by atoms with Gasteiger partial charge in [-0.3, -0.25) is 9.59 Å². The molecular weight excluding hydrogens is 376 g/mol. The molecule has 2 atom stereocenters. The minimum atomic E-state index is -0.644. The number of hydrogen-bond acceptors (Lipinski definition) is 7. The van der Waals surface area contributed by atoms with E-state index in [4.69, 9.17) is 23.7 Å². The zero-order valence-corrected chi connectivity index (χ0v) is 16.5. The van der Waals surface area contributed by atoms with E-state index in [1.807, 2.05) is 24.3 Å². The van der Waals surface area contributed by atoms with Crippen LogP contribution in [0.2, 0.25) is 0 Å². The minimum absolute atomic E-state index is 0.468. The molecule has 2 aromatic carbocycles. The number of esters is 2. The van der Waals surface area contributed by atoms with E-state index in [0.29, 0.717) is 23.0 Å². The van der Waals surface area contributed by atoms with Gasteiger partial charge in [0.25, 0.3) is 0 Å². The van der Waals surface area contributed by atoms with E-state index in [-0.39, 0.29) is 0 Å². The zero-order valence-electron chi connectivity index (χ0n) is 16.5. The monoisotopic (exact) mass is 396 g/mol. The van der Waals surface area contributed by atoms with Crippen LogP contribution in [0.1, 0.15) is 34.1 Å². The number of benzene rings is 2. The highest BCUT2D eigenvalue weighted by Crippen LogP contribution is 2.67. The fourth-order valence-electron chi connectivity index (χ4n) is 5.41. The summed E-state index contributed by atoms with van der Waals surface area (Å²) in [6.45, 7) is 0. The van der Waals surface area contributed by atoms with Crippen LogP contribution in [0.3, 0.4) is 0 Å². The summed E-state index contributed by atoms with van der Waals surface area (Å²) in [5.74, 6) is -0.707. The SMILES string of the molecule is COc1ccc(OC)c2c1C1c3c(OC)ccc(OC)c3C2C2C(=O)OC(=O)C12. The number of cyclic esters (lactones) is 2. The molecule has 7 nitrogen and oxygen atoms in total. The third kappa shape index (κ3) is 2.07. The van der Waals surface area contributed by atoms with Gasteiger partial charge in [0, 0.05) is 34.1 Å². The maximum atomic E-state index is 12.7. The maximum absolute atomic E-state index is 12.7. The normalized spacial score (nSPS) is 25.7. The number of methoxy groups -OCH3 is 4. The summed E-state index contributed by atoms with van der Waals surface area (Å²) in [5.41, 5.74) is 3.35. The van der Waals surface area contributed by atoms with Crippen LogP contribution in [0.5, 0.6) is 23.0 Å². The molecule has 29 heavy (non-hydrogen) atoms. The van der Waals surface area contributed by atoms with Crippen LogP contribution in [-0.4, -0.2) is 40.4 Å². The predicted octanol–water partition coefficient (Wildman–Crippen LogP) is 2.63. The summed E-state index contributed by atoms with van der Waals surface area (Å²) in [6.07, 6.45) is 0. The van der Waals surface area contributed by atoms with Gasteiger partial charge in [0.1, 0.15) is 23.0 Å². The molecule has 0 N–H and O–H groups in total. The Balaban J connectivity index is 1.94. The third-order valence-corrected chi connectivity index (χ3v) is 6.39. The average molecular weight is 396 g/mol. The molecule has 2 bridgehead atoms. The highest BCUT2D eigenvalue weighted by atomic mass is 16.6. The van der Waals surface area contributed by atoms with E-state index >= 15 is 0 Å². The second kappa shape index (κ2) is 6.14. The van der Waals surface area contributed by atoms with Crippen molar-refractivity contribution < 1.29 is 33.3 Å². The van der Waals surface area contributed by atoms with E-state index in [0.717, 1.165) is 22.3 Å². The van der Waals surface area contributed by atoms with Crippen LogP contribution < -0.4 is 18.9 Å². The zero-order chi connectivity index (χ0) is 20.4. The summed E-state index contributed by atoms with van der Waals surface area (Å²) >= 11 is 0. The van der Waals surface area contributed by atoms with Crippen LogP contribution in [0.4, 0.5) is 0 Å². The van der Waals surface area contributed by atoms with Crippen LogP contribution in [0, 0.1) is 11.8 Å². The number of carbonyl (C=O) groups is 2. The van der Waals surface area contributed by atoms with Gasteiger partial charge in [-0.15, -0.1) is 0 Å². The Morgan fingerprint density at radius 1 is 0.586 bits per heavy atom. The molecule has 0 radical (unpaired) electrons. The quantitative estimate of drug-likeness (QED) is 0.581. The van der Waals surface area contributed by atoms with Crippen LogP contribution >= 0.6 is 0 Å². The molecule has 7 heteroatoms. The highest BCUT2D eigenvalue weighted by molar-refractivity contribution is 6.00. The van der Waals surface area contributed by atoms with Gasteiger partial charge >= 0.3 is 11.9 Å². The Morgan fingerprint density at radius 2 is 0.862 bits per heavy atom. The van der Waals surface area contributed by atoms with Gasteiger partial charge in [0.15, 0.2) is 0 Å². The maximum Gasteiger partial charge on any atom is 0.318 e. The lowest BCUT2D eigenvalue weighted by atomic mass is 9.54. The van der Waals surface area contributed by atoms with Crippen molar-refractivity contribution in [2.75, 3.05) is 28.4 Å². The molecular formula is C22H20O7. The van der Waals surface area contributed by atoms with Gasteiger partial charge in [-0.25, -0.2) is 0 Å². The lowest BCUT2D eigenvalue weighted by Crippen LogP contribution is -2.42. The van der Waals surface area contributed by atoms with Crippen molar-refractivity contribution in [1.82, 2.24) is 0 Å². The summed E-state index contributed by atoms with van der Waals surface area (Å²) < 4.78 is 27.7. The Morgan fingerprint density at radius 3 is 1.10 bits per heavy atom. The van der Waals surface area contributed by atoms with Crippen molar-refractivity contribution >= 4 is 11.9 Å². The second-order valence-electron chi connectivity index (χ2n) is 7.34. The lowest BCUT2D eigenvalue weighted by molar-refractivity contribution is -0.153. The summed E-state index contributed by atoms with van der Waals surface area (Å²) in [7, 11) is 6.35. The lowest BCUT2D eigenvalue weighted by Gasteiger charge is -2.46. The molecule has 4 aliphatic rings. The fraction of sp³-hybridized carbons (Fsp3) is 0.364. The first-order valence-corrected chi connectivity index (χ1v) is 9.32. The first kappa shape index (κ1) is 17.8. The van der Waals surface area contributed by atoms with E-state index in [9.17, 15) is 9.59 Å². The molecule has 6 rings (SSSR count). The van der Waals surface area contributed by atoms with Gasteiger partial charge in [0.05, 0.1) is 40.3 Å². The Bertz CT molecular complexity index is 912. The molecule has 150 valence electrons. The molecule has 2 unspecified atom stereocenters. The molecule has 1 aliphatic heterocycles. The Hall–Kier alpha value is -3.22. The van der Waals surface area contributed by atoms with Gasteiger partial charge in [-0.05, 0) is 24.3 Å². The van der Waals surface area contributed by atoms with E-state index in [2.05, 4.69) is 0 Å². The first-order chi connectivity index (χ1) is 14.1. The third-order valence-electron chi connectivity index (χ3n) is 6.39. The topological polar surface area (TPSA) is 80.3 Å². The van der Waals surface area contributed by atoms with E-state index < -0.39 is 35.6 Å². The standard InChI is InChI=1S/C22H20O7/c1-25-9-5-6-10(26-2)14-13(9)17-15-11(27-3)7-8-12(28-4)16(15)18(14)20-19(17)21(23)29-22(20)24/h5-8,17-20H,1-4H3. The van der Waals surface area contributed by atoms with Crippen molar-refractivity contribution in [3.8, 4) is 23.0 Å². The van der Waals surface area contributed by atoms with Crippen molar-refractivity contribution in [3.63, 3.8) is 0 Å². The smallest absolute Gasteiger partial charge is 0.318 e. The molecule has 2 aromatic rings. The molecule has 0 aromatic heterocycles. The largest absolute Gasteiger partial charge is 0.496 e. The van der Waals surface area contributed by atoms with Gasteiger partial charge in [-0.2, -0.15) is 0 Å². The number of rotatable bonds is 4. The van der Waals surface area contributed by atoms with Crippen LogP contribution in [-0.2, 0) is 14.3 Å². The van der Waals surface area contributed by atoms with Crippen molar-refractivity contribution in [2.45, 2.75) is 11.8 Å². The molecule has 0 spiro atoms. The van der Waals surface area contributed by atoms with Crippen LogP contribution in [0.15, 0.2) is 24.3 Å². The Kier molecular flexibility index (Phi) is 3.78. The second-order valence-corrected chi connectivity index (χ2v) is 7.34. The highest BCUT2D eigenvalue weighted by Gasteiger charge is 2.63. The molecule has 1 heterocycles. The Labute approximate surface area is 167 Å². The van der Waals surface area contributed by atoms with Crippen LogP contribution in [0.25, 0.3) is 0 Å². The fourth-order valence-corrected chi connectivity index (χ4v) is 5.41. The molecule has 0 amide bonds. The summed E-state index contributed by atoms with van der Waals surface area (Å²) in [6, 6.07) is 7.28. The van der Waals surface area contributed by atoms with Gasteiger partial charge in [-0.1, -0.05) is 0 Å². The summed E-state index contributed by atoms with van der Waals surface area (Å²) in [5, 5.41) is 0. The van der Waals surface area contributed by atoms with Crippen molar-refractivity contribution in [3.05, 3.63) is 46.5 Å². The first-order valence-electron chi connectivity index (χ1n) is 9.32. The van der Waals surface area contributed by atoms with Gasteiger partial charge in [0.2, 0.25) is 0 Å². The average Bonchev–Trinajstić information content (AvgIpc) is 3.06. The summed E-state index contributed by atoms with van der Waals surface area (Å²) in [4.78, 5) is 25.5.